The third-order valence-electron chi connectivity index (χ3n) is 13.3. The normalized spacial score (nSPS) is 12.7. The number of rotatable bonds is 36. The van der Waals surface area contributed by atoms with Crippen LogP contribution in [0.1, 0.15) is 227 Å². The molecule has 9 nitrogen and oxygen atoms in total. The van der Waals surface area contributed by atoms with E-state index in [1.165, 1.54) is 89.9 Å². The van der Waals surface area contributed by atoms with Crippen LogP contribution < -0.4 is 27.1 Å². The molecule has 0 amide bonds. The molecule has 9 heteroatoms. The number of unbranched alkanes of at least 4 members (excludes halogenated alkanes) is 25. The molecule has 0 radical (unpaired) electrons. The van der Waals surface area contributed by atoms with E-state index in [2.05, 4.69) is 39.9 Å². The van der Waals surface area contributed by atoms with Gasteiger partial charge in [0.1, 0.15) is 0 Å². The van der Waals surface area contributed by atoms with Crippen LogP contribution in [0.5, 0.6) is 11.8 Å². The maximum absolute atomic E-state index is 15.1. The summed E-state index contributed by atoms with van der Waals surface area (Å²) in [5.74, 6) is -0.188. The number of aromatic hydroxyl groups is 2. The van der Waals surface area contributed by atoms with Gasteiger partial charge in [0.05, 0.1) is 26.9 Å². The number of hydrogen-bond acceptors (Lipinski definition) is 7. The van der Waals surface area contributed by atoms with Crippen LogP contribution in [0.15, 0.2) is 25.6 Å². The van der Waals surface area contributed by atoms with Gasteiger partial charge in [-0.15, -0.1) is 0 Å². The lowest BCUT2D eigenvalue weighted by atomic mass is 9.93. The van der Waals surface area contributed by atoms with Gasteiger partial charge < -0.3 is 15.5 Å². The van der Waals surface area contributed by atoms with E-state index in [4.69, 9.17) is 9.98 Å². The van der Waals surface area contributed by atoms with Crippen molar-refractivity contribution in [2.45, 2.75) is 240 Å². The third kappa shape index (κ3) is 15.0. The number of nitrogens with zero attached hydrogens (tertiary/aromatic N) is 4. The number of hydrogen-bond donors (Lipinski definition) is 3. The molecule has 0 spiro atoms. The van der Waals surface area contributed by atoms with Gasteiger partial charge in [-0.3, -0.25) is 28.7 Å². The summed E-state index contributed by atoms with van der Waals surface area (Å²) in [6.45, 7) is 13.7. The van der Waals surface area contributed by atoms with Crippen LogP contribution in [0, 0.1) is 0 Å². The van der Waals surface area contributed by atoms with Gasteiger partial charge in [0, 0.05) is 54.6 Å². The highest BCUT2D eigenvalue weighted by molar-refractivity contribution is 6.27. The fourth-order valence-electron chi connectivity index (χ4n) is 9.49. The highest BCUT2D eigenvalue weighted by Crippen LogP contribution is 2.40. The Morgan fingerprint density at radius 2 is 0.810 bits per heavy atom. The lowest BCUT2D eigenvalue weighted by molar-refractivity contribution is 0.405. The summed E-state index contributed by atoms with van der Waals surface area (Å²) < 4.78 is 3.12. The zero-order valence-corrected chi connectivity index (χ0v) is 40.8. The highest BCUT2D eigenvalue weighted by atomic mass is 16.3. The van der Waals surface area contributed by atoms with E-state index < -0.39 is 0 Å². The van der Waals surface area contributed by atoms with Crippen molar-refractivity contribution in [1.29, 1.82) is 0 Å². The molecular formula is C54H89N5O4. The van der Waals surface area contributed by atoms with Gasteiger partial charge in [-0.1, -0.05) is 195 Å². The predicted octanol–water partition coefficient (Wildman–Crippen LogP) is 13.8. The molecule has 3 N–H and O–H groups in total. The van der Waals surface area contributed by atoms with Crippen LogP contribution >= 0.6 is 0 Å². The van der Waals surface area contributed by atoms with Crippen molar-refractivity contribution < 1.29 is 10.2 Å². The van der Waals surface area contributed by atoms with Crippen LogP contribution in [0.3, 0.4) is 0 Å². The van der Waals surface area contributed by atoms with E-state index in [1.807, 2.05) is 6.07 Å². The minimum atomic E-state index is -0.294. The van der Waals surface area contributed by atoms with Crippen molar-refractivity contribution in [3.05, 3.63) is 37.5 Å². The van der Waals surface area contributed by atoms with E-state index in [9.17, 15) is 10.2 Å². The fraction of sp³-hybridized carbons (Fsp3) is 0.741. The van der Waals surface area contributed by atoms with Gasteiger partial charge in [-0.05, 0) is 38.2 Å². The molecule has 0 unspecified atom stereocenters. The molecule has 0 saturated heterocycles. The van der Waals surface area contributed by atoms with E-state index >= 15 is 9.59 Å². The predicted molar refractivity (Wildman–Crippen MR) is 269 cm³/mol. The molecule has 0 fully saturated rings. The molecule has 4 rings (SSSR count). The maximum Gasteiger partial charge on any atom is 0.263 e. The Kier molecular flexibility index (Phi) is 24.6. The standard InChI is InChI=1S/C54H89N5O4/c1-6-11-16-21-26-31-36-55-43-41-42-44-46-45(43)52(61)59(40-35-30-25-20-15-10-5)54(63)48(46)50(57-38-33-28-23-18-13-8-3)49(56-37-32-27-22-17-12-7-2)47(44)53(62)58(51(42)60)39-34-29-24-19-14-9-4/h41,55,60,63H,6-40H2,1-5H3. The highest BCUT2D eigenvalue weighted by Gasteiger charge is 2.28. The van der Waals surface area contributed by atoms with Crippen LogP contribution in [0.2, 0.25) is 0 Å². The SMILES string of the molecule is CCCCCCCCN=c1c(=NCCCCCCCC)c2c(=O)n(CCCCCCCC)c(O)c3cc(NCCCCCCCC)c4c(=O)n(CCCCCCCC)c(O)c1c4c32. The second-order valence-electron chi connectivity index (χ2n) is 18.6. The Morgan fingerprint density at radius 1 is 0.429 bits per heavy atom. The van der Waals surface area contributed by atoms with Gasteiger partial charge in [-0.25, -0.2) is 0 Å². The van der Waals surface area contributed by atoms with Crippen molar-refractivity contribution in [2.24, 2.45) is 9.98 Å². The lowest BCUT2D eigenvalue weighted by Gasteiger charge is -2.21. The summed E-state index contributed by atoms with van der Waals surface area (Å²) in [6.07, 6.45) is 33.0. The van der Waals surface area contributed by atoms with E-state index in [-0.39, 0.29) is 22.9 Å². The van der Waals surface area contributed by atoms with Gasteiger partial charge in [0.15, 0.2) is 0 Å². The van der Waals surface area contributed by atoms with Crippen molar-refractivity contribution in [3.8, 4) is 11.8 Å². The van der Waals surface area contributed by atoms with E-state index in [0.717, 1.165) is 103 Å². The molecule has 0 aliphatic heterocycles. The molecule has 2 aromatic carbocycles. The minimum absolute atomic E-state index is 0.0822. The quantitative estimate of drug-likeness (QED) is 0.0310. The van der Waals surface area contributed by atoms with Gasteiger partial charge >= 0.3 is 0 Å². The molecule has 2 heterocycles. The molecular weight excluding hydrogens is 783 g/mol. The Labute approximate surface area is 380 Å². The van der Waals surface area contributed by atoms with Crippen LogP contribution in [-0.2, 0) is 13.1 Å². The molecule has 4 aromatic rings. The monoisotopic (exact) mass is 872 g/mol. The smallest absolute Gasteiger partial charge is 0.263 e. The van der Waals surface area contributed by atoms with Crippen molar-refractivity contribution in [2.75, 3.05) is 25.0 Å². The number of nitrogens with one attached hydrogen (secondary N) is 1. The Hall–Kier alpha value is -3.62. The fourth-order valence-corrected chi connectivity index (χ4v) is 9.49. The molecule has 0 saturated carbocycles. The number of benzene rings is 2. The Morgan fingerprint density at radius 3 is 1.29 bits per heavy atom. The first-order valence-electron chi connectivity index (χ1n) is 26.4. The average Bonchev–Trinajstić information content (AvgIpc) is 3.28. The summed E-state index contributed by atoms with van der Waals surface area (Å²) in [4.78, 5) is 40.7. The lowest BCUT2D eigenvalue weighted by Crippen LogP contribution is -2.36. The molecule has 354 valence electrons. The average molecular weight is 872 g/mol. The largest absolute Gasteiger partial charge is 0.494 e. The molecule has 2 aromatic heterocycles. The van der Waals surface area contributed by atoms with Crippen LogP contribution in [0.4, 0.5) is 5.69 Å². The Balaban J connectivity index is 2.04. The van der Waals surface area contributed by atoms with Crippen LogP contribution in [0.25, 0.3) is 32.3 Å². The van der Waals surface area contributed by atoms with Gasteiger partial charge in [0.2, 0.25) is 11.8 Å². The zero-order valence-electron chi connectivity index (χ0n) is 40.8. The van der Waals surface area contributed by atoms with Crippen LogP contribution in [-0.4, -0.2) is 39.0 Å². The topological polar surface area (TPSA) is 121 Å². The van der Waals surface area contributed by atoms with Crippen molar-refractivity contribution in [1.82, 2.24) is 9.13 Å². The number of pyridine rings is 2. The number of aromatic nitrogens is 2. The second-order valence-corrected chi connectivity index (χ2v) is 18.6. The molecule has 0 atom stereocenters. The molecule has 0 aliphatic rings. The summed E-state index contributed by atoms with van der Waals surface area (Å²) in [5, 5.41) is 32.4. The first-order chi connectivity index (χ1) is 30.9. The minimum Gasteiger partial charge on any atom is -0.494 e. The maximum atomic E-state index is 15.1. The molecule has 0 bridgehead atoms. The summed E-state index contributed by atoms with van der Waals surface area (Å²) >= 11 is 0. The first-order valence-corrected chi connectivity index (χ1v) is 26.4. The first kappa shape index (κ1) is 52.0. The van der Waals surface area contributed by atoms with Gasteiger partial charge in [0.25, 0.3) is 11.1 Å². The summed E-state index contributed by atoms with van der Waals surface area (Å²) in [5.41, 5.74) is 0.0809. The molecule has 63 heavy (non-hydrogen) atoms. The van der Waals surface area contributed by atoms with Gasteiger partial charge in [-0.2, -0.15) is 0 Å². The second kappa shape index (κ2) is 29.8. The van der Waals surface area contributed by atoms with E-state index in [0.29, 0.717) is 81.4 Å². The molecule has 0 aliphatic carbocycles. The summed E-state index contributed by atoms with van der Waals surface area (Å²) in [7, 11) is 0. The summed E-state index contributed by atoms with van der Waals surface area (Å²) in [6, 6.07) is 1.91. The van der Waals surface area contributed by atoms with Crippen molar-refractivity contribution >= 4 is 38.0 Å². The van der Waals surface area contributed by atoms with E-state index in [1.54, 1.807) is 9.13 Å². The van der Waals surface area contributed by atoms with Crippen molar-refractivity contribution in [3.63, 3.8) is 0 Å². The number of anilines is 1. The zero-order chi connectivity index (χ0) is 45.2. The Bertz CT molecular complexity index is 2150. The third-order valence-corrected chi connectivity index (χ3v) is 13.3.